The predicted molar refractivity (Wildman–Crippen MR) is 113 cm³/mol. The number of hydroxylamine groups is 1. The summed E-state index contributed by atoms with van der Waals surface area (Å²) in [6.07, 6.45) is 2.06. The molecule has 3 N–H and O–H groups in total. The molecule has 0 heterocycles. The van der Waals surface area contributed by atoms with E-state index in [1.165, 1.54) is 7.05 Å². The van der Waals surface area contributed by atoms with E-state index < -0.39 is 29.0 Å². The SMILES string of the molecule is CNC(=O)c1cc(C(=O)NOCC2CC2)c(Nc2ccc(I)cc2C)c(F)c1F. The number of rotatable bonds is 7. The molecule has 0 saturated heterocycles. The Bertz CT molecular complexity index is 964. The summed E-state index contributed by atoms with van der Waals surface area (Å²) in [5.41, 5.74) is 2.36. The minimum atomic E-state index is -1.34. The van der Waals surface area contributed by atoms with Gasteiger partial charge in [-0.25, -0.2) is 14.3 Å². The molecular weight excluding hydrogens is 495 g/mol. The highest BCUT2D eigenvalue weighted by Crippen LogP contribution is 2.31. The van der Waals surface area contributed by atoms with E-state index in [-0.39, 0.29) is 11.3 Å². The molecule has 1 aliphatic carbocycles. The quantitative estimate of drug-likeness (QED) is 0.384. The second kappa shape index (κ2) is 9.04. The van der Waals surface area contributed by atoms with Gasteiger partial charge in [0.2, 0.25) is 0 Å². The average molecular weight is 515 g/mol. The van der Waals surface area contributed by atoms with E-state index in [0.717, 1.165) is 28.0 Å². The highest BCUT2D eigenvalue weighted by molar-refractivity contribution is 14.1. The largest absolute Gasteiger partial charge is 0.355 e. The number of benzene rings is 2. The van der Waals surface area contributed by atoms with Gasteiger partial charge in [-0.1, -0.05) is 0 Å². The van der Waals surface area contributed by atoms with E-state index in [1.54, 1.807) is 19.1 Å². The minimum absolute atomic E-state index is 0.240. The number of amides is 2. The van der Waals surface area contributed by atoms with Crippen molar-refractivity contribution in [2.45, 2.75) is 19.8 Å². The zero-order chi connectivity index (χ0) is 21.1. The molecule has 0 aliphatic heterocycles. The fourth-order valence-electron chi connectivity index (χ4n) is 2.69. The summed E-state index contributed by atoms with van der Waals surface area (Å²) < 4.78 is 30.4. The summed E-state index contributed by atoms with van der Waals surface area (Å²) >= 11 is 2.14. The van der Waals surface area contributed by atoms with Crippen LogP contribution in [0.1, 0.15) is 39.1 Å². The minimum Gasteiger partial charge on any atom is -0.355 e. The van der Waals surface area contributed by atoms with Crippen molar-refractivity contribution in [2.75, 3.05) is 19.0 Å². The molecule has 1 saturated carbocycles. The van der Waals surface area contributed by atoms with Crippen LogP contribution in [0.5, 0.6) is 0 Å². The number of carbonyl (C=O) groups is 2. The molecule has 154 valence electrons. The van der Waals surface area contributed by atoms with Crippen molar-refractivity contribution >= 4 is 45.8 Å². The fourth-order valence-corrected chi connectivity index (χ4v) is 3.34. The van der Waals surface area contributed by atoms with Gasteiger partial charge in [0, 0.05) is 16.3 Å². The molecule has 2 amide bonds. The molecule has 9 heteroatoms. The third-order valence-corrected chi connectivity index (χ3v) is 5.22. The predicted octanol–water partition coefficient (Wildman–Crippen LogP) is 4.05. The maximum Gasteiger partial charge on any atom is 0.277 e. The van der Waals surface area contributed by atoms with Gasteiger partial charge < -0.3 is 10.6 Å². The lowest BCUT2D eigenvalue weighted by atomic mass is 10.0. The second-order valence-corrected chi connectivity index (χ2v) is 8.07. The Morgan fingerprint density at radius 2 is 1.86 bits per heavy atom. The molecule has 0 spiro atoms. The number of hydrogen-bond donors (Lipinski definition) is 3. The Hall–Kier alpha value is -2.27. The van der Waals surface area contributed by atoms with Crippen LogP contribution in [0.2, 0.25) is 0 Å². The van der Waals surface area contributed by atoms with E-state index in [4.69, 9.17) is 4.84 Å². The van der Waals surface area contributed by atoms with E-state index in [0.29, 0.717) is 18.2 Å². The summed E-state index contributed by atoms with van der Waals surface area (Å²) in [5.74, 6) is -3.89. The van der Waals surface area contributed by atoms with Gasteiger partial charge in [-0.2, -0.15) is 0 Å². The number of anilines is 2. The molecular formula is C20H20F2IN3O3. The third-order valence-electron chi connectivity index (χ3n) is 4.55. The van der Waals surface area contributed by atoms with Crippen LogP contribution in [-0.2, 0) is 4.84 Å². The average Bonchev–Trinajstić information content (AvgIpc) is 3.51. The van der Waals surface area contributed by atoms with E-state index in [9.17, 15) is 18.4 Å². The highest BCUT2D eigenvalue weighted by atomic mass is 127. The third kappa shape index (κ3) is 5.02. The zero-order valence-electron chi connectivity index (χ0n) is 15.9. The van der Waals surface area contributed by atoms with E-state index in [1.807, 2.05) is 6.07 Å². The lowest BCUT2D eigenvalue weighted by molar-refractivity contribution is 0.0270. The van der Waals surface area contributed by atoms with Crippen LogP contribution < -0.4 is 16.1 Å². The van der Waals surface area contributed by atoms with Gasteiger partial charge in [-0.05, 0) is 78.1 Å². The molecule has 0 atom stereocenters. The summed E-state index contributed by atoms with van der Waals surface area (Å²) in [6.45, 7) is 2.15. The van der Waals surface area contributed by atoms with E-state index >= 15 is 0 Å². The van der Waals surface area contributed by atoms with Crippen LogP contribution in [0.4, 0.5) is 20.2 Å². The highest BCUT2D eigenvalue weighted by Gasteiger charge is 2.27. The molecule has 1 aliphatic rings. The van der Waals surface area contributed by atoms with Crippen LogP contribution in [0, 0.1) is 28.0 Å². The van der Waals surface area contributed by atoms with E-state index in [2.05, 4.69) is 38.7 Å². The fraction of sp³-hybridized carbons (Fsp3) is 0.300. The molecule has 29 heavy (non-hydrogen) atoms. The molecule has 2 aromatic carbocycles. The maximum absolute atomic E-state index is 14.9. The molecule has 0 unspecified atom stereocenters. The molecule has 3 rings (SSSR count). The van der Waals surface area contributed by atoms with Crippen LogP contribution in [0.3, 0.4) is 0 Å². The van der Waals surface area contributed by atoms with Gasteiger partial charge in [-0.3, -0.25) is 14.4 Å². The second-order valence-electron chi connectivity index (χ2n) is 6.82. The number of nitrogens with one attached hydrogen (secondary N) is 3. The first kappa shape index (κ1) is 21.4. The molecule has 0 aromatic heterocycles. The first-order valence-electron chi connectivity index (χ1n) is 9.01. The van der Waals surface area contributed by atoms with Gasteiger partial charge in [0.15, 0.2) is 11.6 Å². The van der Waals surface area contributed by atoms with Crippen molar-refractivity contribution in [3.63, 3.8) is 0 Å². The Morgan fingerprint density at radius 1 is 1.14 bits per heavy atom. The summed E-state index contributed by atoms with van der Waals surface area (Å²) in [7, 11) is 1.29. The number of halogens is 3. The van der Waals surface area contributed by atoms with Crippen LogP contribution in [0.15, 0.2) is 24.3 Å². The van der Waals surface area contributed by atoms with Crippen molar-refractivity contribution in [3.05, 3.63) is 56.2 Å². The lowest BCUT2D eigenvalue weighted by Crippen LogP contribution is -2.28. The smallest absolute Gasteiger partial charge is 0.277 e. The van der Waals surface area contributed by atoms with Crippen LogP contribution >= 0.6 is 22.6 Å². The molecule has 2 aromatic rings. The standard InChI is InChI=1S/C20H20F2IN3O3/c1-10-7-12(23)5-6-15(10)25-18-14(20(28)26-29-9-11-3-4-11)8-13(19(27)24-2)16(21)17(18)22/h5-8,11,25H,3-4,9H2,1-2H3,(H,24,27)(H,26,28). The van der Waals surface area contributed by atoms with Crippen molar-refractivity contribution in [1.29, 1.82) is 0 Å². The monoisotopic (exact) mass is 515 g/mol. The number of hydrogen-bond acceptors (Lipinski definition) is 4. The summed E-state index contributed by atoms with van der Waals surface area (Å²) in [5, 5.41) is 5.02. The number of aryl methyl sites for hydroxylation is 1. The van der Waals surface area contributed by atoms with Crippen molar-refractivity contribution < 1.29 is 23.2 Å². The van der Waals surface area contributed by atoms with Gasteiger partial charge in [0.05, 0.1) is 23.4 Å². The van der Waals surface area contributed by atoms with Crippen LogP contribution in [-0.4, -0.2) is 25.5 Å². The van der Waals surface area contributed by atoms with Crippen molar-refractivity contribution in [2.24, 2.45) is 5.92 Å². The molecule has 6 nitrogen and oxygen atoms in total. The first-order valence-corrected chi connectivity index (χ1v) is 10.1. The lowest BCUT2D eigenvalue weighted by Gasteiger charge is -2.17. The van der Waals surface area contributed by atoms with Gasteiger partial charge in [0.25, 0.3) is 11.8 Å². The van der Waals surface area contributed by atoms with Gasteiger partial charge in [-0.15, -0.1) is 0 Å². The summed E-state index contributed by atoms with van der Waals surface area (Å²) in [4.78, 5) is 29.7. The Kier molecular flexibility index (Phi) is 6.68. The maximum atomic E-state index is 14.9. The van der Waals surface area contributed by atoms with Gasteiger partial charge in [0.1, 0.15) is 0 Å². The normalized spacial score (nSPS) is 13.1. The topological polar surface area (TPSA) is 79.5 Å². The van der Waals surface area contributed by atoms with Crippen molar-refractivity contribution in [3.8, 4) is 0 Å². The van der Waals surface area contributed by atoms with Crippen molar-refractivity contribution in [1.82, 2.24) is 10.8 Å². The number of carbonyl (C=O) groups excluding carboxylic acids is 2. The summed E-state index contributed by atoms with van der Waals surface area (Å²) in [6, 6.07) is 6.36. The Labute approximate surface area is 180 Å². The molecule has 1 fully saturated rings. The molecule has 0 bridgehead atoms. The first-order chi connectivity index (χ1) is 13.8. The van der Waals surface area contributed by atoms with Crippen LogP contribution in [0.25, 0.3) is 0 Å². The Balaban J connectivity index is 1.99. The zero-order valence-corrected chi connectivity index (χ0v) is 18.0. The molecule has 0 radical (unpaired) electrons. The van der Waals surface area contributed by atoms with Gasteiger partial charge >= 0.3 is 0 Å². The Morgan fingerprint density at radius 3 is 2.48 bits per heavy atom.